The first-order valence-electron chi connectivity index (χ1n) is 3.27. The Morgan fingerprint density at radius 3 is 1.90 bits per heavy atom. The van der Waals surface area contributed by atoms with Gasteiger partial charge in [-0.05, 0) is 19.0 Å². The second-order valence-electron chi connectivity index (χ2n) is 2.06. The fraction of sp³-hybridized carbons (Fsp3) is 0.667. The zero-order valence-electron chi connectivity index (χ0n) is 6.12. The maximum absolute atomic E-state index is 4.12. The third-order valence-electron chi connectivity index (χ3n) is 1.40. The first-order chi connectivity index (χ1) is 4.85. The molecule has 0 unspecified atom stereocenters. The lowest BCUT2D eigenvalue weighted by atomic mass is 10.4. The Hall–Kier alpha value is -0.580. The van der Waals surface area contributed by atoms with E-state index in [1.165, 1.54) is 25.9 Å². The molecule has 0 atom stereocenters. The Bertz CT molecular complexity index is 81.1. The van der Waals surface area contributed by atoms with Crippen LogP contribution in [0.1, 0.15) is 12.8 Å². The van der Waals surface area contributed by atoms with Gasteiger partial charge in [0.2, 0.25) is 0 Å². The molecular formula is C6H15N3O. The quantitative estimate of drug-likeness (QED) is 0.509. The Kier molecular flexibility index (Phi) is 6.16. The summed E-state index contributed by atoms with van der Waals surface area (Å²) in [7, 11) is 0. The van der Waals surface area contributed by atoms with Crippen LogP contribution in [-0.4, -0.2) is 18.0 Å². The Balaban J connectivity index is 0.000000236. The zero-order chi connectivity index (χ0) is 7.82. The molecule has 1 rings (SSSR count). The normalized spacial score (nSPS) is 16.0. The van der Waals surface area contributed by atoms with Gasteiger partial charge in [0.05, 0.1) is 0 Å². The van der Waals surface area contributed by atoms with Crippen molar-refractivity contribution in [2.24, 2.45) is 11.8 Å². The summed E-state index contributed by atoms with van der Waals surface area (Å²) in [6, 6.07) is 0. The van der Waals surface area contributed by atoms with Crippen LogP contribution < -0.4 is 11.8 Å². The lowest BCUT2D eigenvalue weighted by Crippen LogP contribution is -2.08. The van der Waals surface area contributed by atoms with E-state index in [2.05, 4.69) is 28.2 Å². The molecule has 0 aromatic rings. The number of rotatable bonds is 1. The smallest absolute Gasteiger partial charge is 0.0172 e. The second kappa shape index (κ2) is 6.54. The third-order valence-corrected chi connectivity index (χ3v) is 1.40. The van der Waals surface area contributed by atoms with Gasteiger partial charge in [0, 0.05) is 13.1 Å². The summed E-state index contributed by atoms with van der Waals surface area (Å²) < 4.78 is 0. The molecule has 0 bridgehead atoms. The third kappa shape index (κ3) is 4.31. The van der Waals surface area contributed by atoms with Crippen molar-refractivity contribution in [2.75, 3.05) is 13.1 Å². The summed E-state index contributed by atoms with van der Waals surface area (Å²) in [5, 5.41) is 0. The molecule has 4 N–H and O–H groups in total. The minimum absolute atomic E-state index is 1.23. The predicted octanol–water partition coefficient (Wildman–Crippen LogP) is -0.0239. The lowest BCUT2D eigenvalue weighted by molar-refractivity contribution is 0.142. The number of likely N-dealkylation sites (tertiary alicyclic amines) is 1. The summed E-state index contributed by atoms with van der Waals surface area (Å²) >= 11 is 0. The van der Waals surface area contributed by atoms with Gasteiger partial charge in [0.15, 0.2) is 0 Å². The summed E-state index contributed by atoms with van der Waals surface area (Å²) in [5.41, 5.74) is 0. The largest absolute Gasteiger partial charge is 0.378 e. The molecule has 1 aliphatic heterocycles. The minimum Gasteiger partial charge on any atom is -0.378 e. The van der Waals surface area contributed by atoms with Gasteiger partial charge in [-0.25, -0.2) is 4.94 Å². The van der Waals surface area contributed by atoms with E-state index < -0.39 is 0 Å². The Labute approximate surface area is 61.3 Å². The summed E-state index contributed by atoms with van der Waals surface area (Å²) in [6.45, 7) is 6.12. The molecule has 10 heavy (non-hydrogen) atoms. The van der Waals surface area contributed by atoms with Gasteiger partial charge in [-0.3, -0.25) is 0 Å². The van der Waals surface area contributed by atoms with Gasteiger partial charge in [-0.15, -0.1) is 0 Å². The molecule has 4 nitrogen and oxygen atoms in total. The molecule has 60 valence electrons. The van der Waals surface area contributed by atoms with Crippen molar-refractivity contribution in [1.29, 1.82) is 0 Å². The monoisotopic (exact) mass is 145 g/mol. The fourth-order valence-corrected chi connectivity index (χ4v) is 0.924. The van der Waals surface area contributed by atoms with Crippen LogP contribution in [-0.2, 0) is 4.94 Å². The molecule has 0 aliphatic carbocycles. The van der Waals surface area contributed by atoms with Gasteiger partial charge < -0.3 is 4.90 Å². The maximum atomic E-state index is 4.12. The topological polar surface area (TPSA) is 64.5 Å². The molecule has 0 amide bonds. The summed E-state index contributed by atoms with van der Waals surface area (Å²) in [5.74, 6) is 8.25. The van der Waals surface area contributed by atoms with Crippen molar-refractivity contribution >= 4 is 0 Å². The van der Waals surface area contributed by atoms with Crippen molar-refractivity contribution in [2.45, 2.75) is 12.8 Å². The van der Waals surface area contributed by atoms with Crippen LogP contribution >= 0.6 is 0 Å². The summed E-state index contributed by atoms with van der Waals surface area (Å²) in [6.07, 6.45) is 4.63. The SMILES string of the molecule is C=CN1CCCC1.NON. The highest BCUT2D eigenvalue weighted by Gasteiger charge is 2.04. The molecule has 1 fully saturated rings. The van der Waals surface area contributed by atoms with E-state index in [4.69, 9.17) is 0 Å². The van der Waals surface area contributed by atoms with E-state index in [1.807, 2.05) is 6.20 Å². The first kappa shape index (κ1) is 9.42. The number of nitrogens with zero attached hydrogens (tertiary/aromatic N) is 1. The average molecular weight is 145 g/mol. The van der Waals surface area contributed by atoms with Gasteiger partial charge in [-0.2, -0.15) is 11.8 Å². The number of nitrogens with two attached hydrogens (primary N) is 2. The predicted molar refractivity (Wildman–Crippen MR) is 40.5 cm³/mol. The molecule has 0 spiro atoms. The average Bonchev–Trinajstić information content (AvgIpc) is 2.39. The molecule has 0 radical (unpaired) electrons. The van der Waals surface area contributed by atoms with E-state index >= 15 is 0 Å². The maximum Gasteiger partial charge on any atom is 0.0172 e. The van der Waals surface area contributed by atoms with Crippen molar-refractivity contribution in [3.05, 3.63) is 12.8 Å². The van der Waals surface area contributed by atoms with E-state index in [0.29, 0.717) is 0 Å². The van der Waals surface area contributed by atoms with Crippen molar-refractivity contribution in [3.8, 4) is 0 Å². The highest BCUT2D eigenvalue weighted by Crippen LogP contribution is 2.05. The second-order valence-corrected chi connectivity index (χ2v) is 2.06. The van der Waals surface area contributed by atoms with E-state index in [-0.39, 0.29) is 0 Å². The van der Waals surface area contributed by atoms with Crippen molar-refractivity contribution in [3.63, 3.8) is 0 Å². The molecule has 1 aliphatic rings. The van der Waals surface area contributed by atoms with E-state index in [1.54, 1.807) is 0 Å². The lowest BCUT2D eigenvalue weighted by Gasteiger charge is -2.07. The minimum atomic E-state index is 1.23. The molecule has 0 aromatic carbocycles. The molecule has 0 saturated carbocycles. The van der Waals surface area contributed by atoms with Crippen LogP contribution in [0.5, 0.6) is 0 Å². The zero-order valence-corrected chi connectivity index (χ0v) is 6.12. The molecule has 4 heteroatoms. The van der Waals surface area contributed by atoms with Gasteiger partial charge in [0.1, 0.15) is 0 Å². The molecular weight excluding hydrogens is 130 g/mol. The fourth-order valence-electron chi connectivity index (χ4n) is 0.924. The molecule has 1 heterocycles. The van der Waals surface area contributed by atoms with Gasteiger partial charge in [-0.1, -0.05) is 6.58 Å². The number of hydrogen-bond donors (Lipinski definition) is 2. The van der Waals surface area contributed by atoms with Gasteiger partial charge in [0.25, 0.3) is 0 Å². The van der Waals surface area contributed by atoms with Crippen LogP contribution in [0.3, 0.4) is 0 Å². The van der Waals surface area contributed by atoms with Crippen LogP contribution in [0.15, 0.2) is 12.8 Å². The van der Waals surface area contributed by atoms with Crippen molar-refractivity contribution in [1.82, 2.24) is 4.90 Å². The van der Waals surface area contributed by atoms with Crippen LogP contribution in [0.25, 0.3) is 0 Å². The highest BCUT2D eigenvalue weighted by atomic mass is 16.7. The Morgan fingerprint density at radius 1 is 1.30 bits per heavy atom. The first-order valence-corrected chi connectivity index (χ1v) is 3.27. The van der Waals surface area contributed by atoms with E-state index in [0.717, 1.165) is 0 Å². The molecule has 1 saturated heterocycles. The summed E-state index contributed by atoms with van der Waals surface area (Å²) in [4.78, 5) is 5.50. The standard InChI is InChI=1S/C6H11N.H4N2O/c1-2-7-5-3-4-6-7;1-3-2/h2H,1,3-6H2;1-2H2. The van der Waals surface area contributed by atoms with E-state index in [9.17, 15) is 0 Å². The van der Waals surface area contributed by atoms with Crippen LogP contribution in [0.4, 0.5) is 0 Å². The van der Waals surface area contributed by atoms with Crippen molar-refractivity contribution < 1.29 is 4.94 Å². The Morgan fingerprint density at radius 2 is 1.70 bits per heavy atom. The van der Waals surface area contributed by atoms with Crippen LogP contribution in [0, 0.1) is 0 Å². The van der Waals surface area contributed by atoms with Crippen LogP contribution in [0.2, 0.25) is 0 Å². The van der Waals surface area contributed by atoms with Gasteiger partial charge >= 0.3 is 0 Å². The number of hydrogen-bond acceptors (Lipinski definition) is 4. The molecule has 0 aromatic heterocycles. The highest BCUT2D eigenvalue weighted by molar-refractivity contribution is 4.75.